The molecule has 0 aliphatic rings. The number of carbonyl (C=O) groups is 1. The van der Waals surface area contributed by atoms with Gasteiger partial charge in [0.1, 0.15) is 11.1 Å². The first-order chi connectivity index (χ1) is 10.7. The molecule has 0 saturated heterocycles. The van der Waals surface area contributed by atoms with Gasteiger partial charge in [-0.1, -0.05) is 6.07 Å². The normalized spacial score (nSPS) is 10.4. The topological polar surface area (TPSA) is 89.2 Å². The molecule has 0 spiro atoms. The second-order valence-electron chi connectivity index (χ2n) is 4.62. The number of pyridine rings is 1. The van der Waals surface area contributed by atoms with Crippen molar-refractivity contribution >= 4 is 22.2 Å². The average Bonchev–Trinajstić information content (AvgIpc) is 2.95. The van der Waals surface area contributed by atoms with Crippen LogP contribution in [0, 0.1) is 11.3 Å². The molecule has 2 rings (SSSR count). The van der Waals surface area contributed by atoms with Crippen LogP contribution in [0.1, 0.15) is 11.1 Å². The molecule has 114 valence electrons. The molecule has 0 fully saturated rings. The smallest absolute Gasteiger partial charge is 0.239 e. The van der Waals surface area contributed by atoms with Gasteiger partial charge in [-0.05, 0) is 23.1 Å². The Morgan fingerprint density at radius 1 is 1.50 bits per heavy atom. The van der Waals surface area contributed by atoms with Gasteiger partial charge < -0.3 is 10.4 Å². The summed E-state index contributed by atoms with van der Waals surface area (Å²) in [4.78, 5) is 18.0. The summed E-state index contributed by atoms with van der Waals surface area (Å²) in [6.45, 7) is 1.02. The number of hydrogen-bond donors (Lipinski definition) is 2. The van der Waals surface area contributed by atoms with Gasteiger partial charge in [0.25, 0.3) is 0 Å². The SMILES string of the molecule is N#Cc1ccsc1NC(=O)CN(CCO)Cc1cccnc1. The van der Waals surface area contributed by atoms with Crippen LogP contribution in [0.5, 0.6) is 0 Å². The van der Waals surface area contributed by atoms with Crippen LogP contribution in [0.4, 0.5) is 5.00 Å². The van der Waals surface area contributed by atoms with E-state index in [0.29, 0.717) is 23.7 Å². The van der Waals surface area contributed by atoms with Crippen LogP contribution in [0.3, 0.4) is 0 Å². The third kappa shape index (κ3) is 4.63. The van der Waals surface area contributed by atoms with E-state index in [9.17, 15) is 4.79 Å². The lowest BCUT2D eigenvalue weighted by atomic mass is 10.2. The molecular weight excluding hydrogens is 300 g/mol. The van der Waals surface area contributed by atoms with E-state index in [0.717, 1.165) is 5.56 Å². The first-order valence-electron chi connectivity index (χ1n) is 6.72. The number of nitrogens with zero attached hydrogens (tertiary/aromatic N) is 3. The van der Waals surface area contributed by atoms with Gasteiger partial charge in [0.05, 0.1) is 18.7 Å². The molecule has 7 heteroatoms. The summed E-state index contributed by atoms with van der Waals surface area (Å²) < 4.78 is 0. The number of aromatic nitrogens is 1. The Labute approximate surface area is 132 Å². The standard InChI is InChI=1S/C15H16N4O2S/c16-8-13-3-7-22-15(13)18-14(21)11-19(5-6-20)10-12-2-1-4-17-9-12/h1-4,7,9,20H,5-6,10-11H2,(H,18,21). The van der Waals surface area contributed by atoms with Crippen LogP contribution in [-0.2, 0) is 11.3 Å². The number of aliphatic hydroxyl groups is 1. The highest BCUT2D eigenvalue weighted by molar-refractivity contribution is 7.14. The van der Waals surface area contributed by atoms with E-state index in [1.807, 2.05) is 23.1 Å². The maximum Gasteiger partial charge on any atom is 0.239 e. The third-order valence-electron chi connectivity index (χ3n) is 2.95. The van der Waals surface area contributed by atoms with Crippen LogP contribution in [0.2, 0.25) is 0 Å². The van der Waals surface area contributed by atoms with E-state index in [1.54, 1.807) is 23.8 Å². The molecule has 0 aliphatic heterocycles. The molecule has 6 nitrogen and oxygen atoms in total. The number of thiophene rings is 1. The van der Waals surface area contributed by atoms with Crippen molar-refractivity contribution < 1.29 is 9.90 Å². The minimum absolute atomic E-state index is 0.0318. The van der Waals surface area contributed by atoms with Crippen LogP contribution in [0.15, 0.2) is 36.0 Å². The number of nitriles is 1. The molecule has 0 radical (unpaired) electrons. The maximum absolute atomic E-state index is 12.1. The molecule has 0 atom stereocenters. The van der Waals surface area contributed by atoms with Gasteiger partial charge in [0.15, 0.2) is 0 Å². The zero-order valence-electron chi connectivity index (χ0n) is 11.9. The molecule has 2 aromatic heterocycles. The van der Waals surface area contributed by atoms with Crippen molar-refractivity contribution in [3.63, 3.8) is 0 Å². The van der Waals surface area contributed by atoms with Crippen LogP contribution in [-0.4, -0.2) is 40.6 Å². The minimum Gasteiger partial charge on any atom is -0.395 e. The Balaban J connectivity index is 1.95. The molecule has 0 aliphatic carbocycles. The van der Waals surface area contributed by atoms with E-state index in [1.165, 1.54) is 11.3 Å². The highest BCUT2D eigenvalue weighted by Gasteiger charge is 2.13. The molecule has 2 N–H and O–H groups in total. The molecule has 0 saturated carbocycles. The Morgan fingerprint density at radius 3 is 3.05 bits per heavy atom. The third-order valence-corrected chi connectivity index (χ3v) is 3.78. The van der Waals surface area contributed by atoms with Crippen LogP contribution >= 0.6 is 11.3 Å². The van der Waals surface area contributed by atoms with Gasteiger partial charge >= 0.3 is 0 Å². The number of nitrogens with one attached hydrogen (secondary N) is 1. The van der Waals surface area contributed by atoms with Crippen molar-refractivity contribution in [3.05, 3.63) is 47.1 Å². The lowest BCUT2D eigenvalue weighted by Crippen LogP contribution is -2.34. The molecule has 2 heterocycles. The Kier molecular flexibility index (Phi) is 6.03. The number of carbonyl (C=O) groups excluding carboxylic acids is 1. The summed E-state index contributed by atoms with van der Waals surface area (Å²) in [5, 5.41) is 23.1. The first-order valence-corrected chi connectivity index (χ1v) is 7.60. The summed E-state index contributed by atoms with van der Waals surface area (Å²) >= 11 is 1.31. The van der Waals surface area contributed by atoms with E-state index in [4.69, 9.17) is 10.4 Å². The summed E-state index contributed by atoms with van der Waals surface area (Å²) in [5.74, 6) is -0.212. The van der Waals surface area contributed by atoms with Crippen molar-refractivity contribution in [3.8, 4) is 6.07 Å². The fourth-order valence-electron chi connectivity index (χ4n) is 1.97. The first kappa shape index (κ1) is 16.1. The predicted molar refractivity (Wildman–Crippen MR) is 84.3 cm³/mol. The van der Waals surface area contributed by atoms with Gasteiger partial charge in [-0.2, -0.15) is 5.26 Å². The Morgan fingerprint density at radius 2 is 2.36 bits per heavy atom. The van der Waals surface area contributed by atoms with E-state index in [-0.39, 0.29) is 19.1 Å². The van der Waals surface area contributed by atoms with Crippen molar-refractivity contribution in [2.45, 2.75) is 6.54 Å². The number of hydrogen-bond acceptors (Lipinski definition) is 6. The predicted octanol–water partition coefficient (Wildman–Crippen LogP) is 1.45. The zero-order valence-corrected chi connectivity index (χ0v) is 12.7. The molecule has 2 aromatic rings. The average molecular weight is 316 g/mol. The summed E-state index contributed by atoms with van der Waals surface area (Å²) in [6, 6.07) is 7.45. The van der Waals surface area contributed by atoms with E-state index >= 15 is 0 Å². The van der Waals surface area contributed by atoms with Crippen molar-refractivity contribution in [1.82, 2.24) is 9.88 Å². The van der Waals surface area contributed by atoms with Gasteiger partial charge in [-0.3, -0.25) is 14.7 Å². The van der Waals surface area contributed by atoms with Crippen LogP contribution < -0.4 is 5.32 Å². The Hall–Kier alpha value is -2.27. The highest BCUT2D eigenvalue weighted by Crippen LogP contribution is 2.21. The fraction of sp³-hybridized carbons (Fsp3) is 0.267. The number of anilines is 1. The maximum atomic E-state index is 12.1. The number of aliphatic hydroxyl groups excluding tert-OH is 1. The van der Waals surface area contributed by atoms with Gasteiger partial charge in [-0.15, -0.1) is 11.3 Å². The van der Waals surface area contributed by atoms with Crippen molar-refractivity contribution in [2.24, 2.45) is 0 Å². The lowest BCUT2D eigenvalue weighted by molar-refractivity contribution is -0.117. The summed E-state index contributed by atoms with van der Waals surface area (Å²) in [5.41, 5.74) is 1.43. The van der Waals surface area contributed by atoms with E-state index in [2.05, 4.69) is 10.3 Å². The molecule has 0 aromatic carbocycles. The monoisotopic (exact) mass is 316 g/mol. The van der Waals surface area contributed by atoms with Gasteiger partial charge in [0, 0.05) is 25.5 Å². The highest BCUT2D eigenvalue weighted by atomic mass is 32.1. The van der Waals surface area contributed by atoms with Crippen LogP contribution in [0.25, 0.3) is 0 Å². The summed E-state index contributed by atoms with van der Waals surface area (Å²) in [6.07, 6.45) is 3.42. The zero-order chi connectivity index (χ0) is 15.8. The van der Waals surface area contributed by atoms with E-state index < -0.39 is 0 Å². The minimum atomic E-state index is -0.212. The number of amides is 1. The molecule has 0 unspecified atom stereocenters. The van der Waals surface area contributed by atoms with Gasteiger partial charge in [0.2, 0.25) is 5.91 Å². The lowest BCUT2D eigenvalue weighted by Gasteiger charge is -2.20. The largest absolute Gasteiger partial charge is 0.395 e. The molecule has 0 bridgehead atoms. The second kappa shape index (κ2) is 8.24. The quantitative estimate of drug-likeness (QED) is 0.807. The second-order valence-corrected chi connectivity index (χ2v) is 5.54. The Bertz CT molecular complexity index is 651. The molecule has 22 heavy (non-hydrogen) atoms. The van der Waals surface area contributed by atoms with Gasteiger partial charge in [-0.25, -0.2) is 0 Å². The fourth-order valence-corrected chi connectivity index (χ4v) is 2.72. The number of rotatable bonds is 7. The summed E-state index contributed by atoms with van der Waals surface area (Å²) in [7, 11) is 0. The molecule has 1 amide bonds. The molecular formula is C15H16N4O2S. The van der Waals surface area contributed by atoms with Crippen molar-refractivity contribution in [1.29, 1.82) is 5.26 Å². The van der Waals surface area contributed by atoms with Crippen molar-refractivity contribution in [2.75, 3.05) is 25.0 Å².